The van der Waals surface area contributed by atoms with Gasteiger partial charge in [-0.25, -0.2) is 4.79 Å². The maximum absolute atomic E-state index is 10.5. The summed E-state index contributed by atoms with van der Waals surface area (Å²) in [5.74, 6) is -0.831. The van der Waals surface area contributed by atoms with Crippen LogP contribution in [-0.4, -0.2) is 23.2 Å². The average Bonchev–Trinajstić information content (AvgIpc) is 2.03. The minimum absolute atomic E-state index is 0.0178. The number of hydrogen-bond acceptors (Lipinski definition) is 4. The number of nitrogen functional groups attached to an aromatic ring is 1. The van der Waals surface area contributed by atoms with E-state index in [4.69, 9.17) is 15.6 Å². The van der Waals surface area contributed by atoms with Gasteiger partial charge in [-0.15, -0.1) is 0 Å². The van der Waals surface area contributed by atoms with Crippen LogP contribution in [0.1, 0.15) is 10.4 Å². The lowest BCUT2D eigenvalue weighted by Gasteiger charge is -2.01. The lowest BCUT2D eigenvalue weighted by Crippen LogP contribution is -2.04. The third-order valence-corrected chi connectivity index (χ3v) is 1.34. The van der Waals surface area contributed by atoms with E-state index in [1.54, 1.807) is 0 Å². The summed E-state index contributed by atoms with van der Waals surface area (Å²) in [6.45, 7) is 0. The van der Waals surface area contributed by atoms with Crippen LogP contribution in [0.2, 0.25) is 0 Å². The Morgan fingerprint density at radius 3 is 2.75 bits per heavy atom. The summed E-state index contributed by atoms with van der Waals surface area (Å²) in [5.41, 5.74) is 5.31. The number of aromatic nitrogens is 1. The summed E-state index contributed by atoms with van der Waals surface area (Å²) >= 11 is 0. The Kier molecular flexibility index (Phi) is 2.14. The van der Waals surface area contributed by atoms with Crippen molar-refractivity contribution in [2.75, 3.05) is 12.8 Å². The first-order valence-electron chi connectivity index (χ1n) is 3.19. The van der Waals surface area contributed by atoms with Crippen LogP contribution in [0.5, 0.6) is 5.88 Å². The van der Waals surface area contributed by atoms with Crippen molar-refractivity contribution in [3.05, 3.63) is 17.7 Å². The molecule has 0 saturated heterocycles. The molecule has 0 aliphatic heterocycles. The molecular formula is C7H8N2O3. The van der Waals surface area contributed by atoms with Gasteiger partial charge in [0, 0.05) is 6.07 Å². The van der Waals surface area contributed by atoms with Gasteiger partial charge in [-0.1, -0.05) is 0 Å². The fourth-order valence-corrected chi connectivity index (χ4v) is 0.751. The Morgan fingerprint density at radius 1 is 1.67 bits per heavy atom. The topological polar surface area (TPSA) is 85.4 Å². The summed E-state index contributed by atoms with van der Waals surface area (Å²) in [7, 11) is 1.43. The molecule has 0 spiro atoms. The van der Waals surface area contributed by atoms with Crippen molar-refractivity contribution < 1.29 is 14.6 Å². The number of ether oxygens (including phenoxy) is 1. The third-order valence-electron chi connectivity index (χ3n) is 1.34. The van der Waals surface area contributed by atoms with Gasteiger partial charge in [0.15, 0.2) is 0 Å². The number of anilines is 1. The van der Waals surface area contributed by atoms with Gasteiger partial charge in [0.25, 0.3) is 0 Å². The van der Waals surface area contributed by atoms with E-state index < -0.39 is 5.97 Å². The van der Waals surface area contributed by atoms with Crippen molar-refractivity contribution in [3.8, 4) is 5.88 Å². The summed E-state index contributed by atoms with van der Waals surface area (Å²) < 4.78 is 4.75. The molecule has 12 heavy (non-hydrogen) atoms. The van der Waals surface area contributed by atoms with Crippen LogP contribution in [0.15, 0.2) is 12.1 Å². The van der Waals surface area contributed by atoms with Gasteiger partial charge in [-0.05, 0) is 6.07 Å². The predicted octanol–water partition coefficient (Wildman–Crippen LogP) is 0.371. The molecule has 0 fully saturated rings. The molecule has 0 aliphatic carbocycles. The number of rotatable bonds is 2. The molecule has 0 aliphatic rings. The number of carbonyl (C=O) groups is 1. The Morgan fingerprint density at radius 2 is 2.33 bits per heavy atom. The maximum atomic E-state index is 10.5. The summed E-state index contributed by atoms with van der Waals surface area (Å²) in [5, 5.41) is 8.57. The molecule has 0 atom stereocenters. The van der Waals surface area contributed by atoms with Gasteiger partial charge in [-0.2, -0.15) is 4.98 Å². The number of nitrogens with zero attached hydrogens (tertiary/aromatic N) is 1. The first kappa shape index (κ1) is 8.32. The van der Waals surface area contributed by atoms with E-state index in [1.807, 2.05) is 0 Å². The number of hydrogen-bond donors (Lipinski definition) is 2. The van der Waals surface area contributed by atoms with E-state index >= 15 is 0 Å². The van der Waals surface area contributed by atoms with E-state index in [9.17, 15) is 4.79 Å². The zero-order chi connectivity index (χ0) is 9.14. The van der Waals surface area contributed by atoms with Crippen LogP contribution in [0.3, 0.4) is 0 Å². The largest absolute Gasteiger partial charge is 0.481 e. The van der Waals surface area contributed by atoms with E-state index in [-0.39, 0.29) is 11.4 Å². The number of nitrogens with two attached hydrogens (primary N) is 1. The molecule has 1 heterocycles. The minimum Gasteiger partial charge on any atom is -0.481 e. The summed E-state index contributed by atoms with van der Waals surface area (Å²) in [4.78, 5) is 14.1. The Bertz CT molecular complexity index is 312. The highest BCUT2D eigenvalue weighted by molar-refractivity contribution is 5.92. The normalized spacial score (nSPS) is 9.42. The van der Waals surface area contributed by atoms with E-state index in [0.29, 0.717) is 5.88 Å². The molecular weight excluding hydrogens is 160 g/mol. The number of carboxylic acid groups (broad SMARTS) is 1. The maximum Gasteiger partial charge on any atom is 0.339 e. The standard InChI is InChI=1S/C7H8N2O3/c1-12-5-3-2-4(7(10)11)6(8)9-5/h2-3H,1H3,(H2,8,9)(H,10,11). The minimum atomic E-state index is -1.09. The molecule has 1 aromatic heterocycles. The molecule has 1 rings (SSSR count). The van der Waals surface area contributed by atoms with Crippen molar-refractivity contribution in [1.82, 2.24) is 4.98 Å². The lowest BCUT2D eigenvalue weighted by atomic mass is 10.2. The zero-order valence-corrected chi connectivity index (χ0v) is 6.44. The number of methoxy groups -OCH3 is 1. The quantitative estimate of drug-likeness (QED) is 0.666. The second-order valence-electron chi connectivity index (χ2n) is 2.09. The van der Waals surface area contributed by atoms with E-state index in [0.717, 1.165) is 0 Å². The predicted molar refractivity (Wildman–Crippen MR) is 42.2 cm³/mol. The third kappa shape index (κ3) is 1.45. The lowest BCUT2D eigenvalue weighted by molar-refractivity contribution is 0.0697. The van der Waals surface area contributed by atoms with Gasteiger partial charge < -0.3 is 15.6 Å². The number of pyridine rings is 1. The molecule has 0 unspecified atom stereocenters. The van der Waals surface area contributed by atoms with Gasteiger partial charge in [0.05, 0.1) is 7.11 Å². The Balaban J connectivity index is 3.12. The molecule has 1 aromatic rings. The van der Waals surface area contributed by atoms with Crippen molar-refractivity contribution in [1.29, 1.82) is 0 Å². The first-order valence-corrected chi connectivity index (χ1v) is 3.19. The smallest absolute Gasteiger partial charge is 0.339 e. The van der Waals surface area contributed by atoms with Crippen LogP contribution >= 0.6 is 0 Å². The Labute approximate surface area is 68.8 Å². The van der Waals surface area contributed by atoms with Crippen molar-refractivity contribution in [2.45, 2.75) is 0 Å². The van der Waals surface area contributed by atoms with Crippen molar-refractivity contribution in [2.24, 2.45) is 0 Å². The number of aromatic carboxylic acids is 1. The second-order valence-corrected chi connectivity index (χ2v) is 2.09. The van der Waals surface area contributed by atoms with Crippen LogP contribution in [-0.2, 0) is 0 Å². The van der Waals surface area contributed by atoms with Crippen LogP contribution in [0, 0.1) is 0 Å². The molecule has 5 nitrogen and oxygen atoms in total. The fourth-order valence-electron chi connectivity index (χ4n) is 0.751. The Hall–Kier alpha value is -1.78. The van der Waals surface area contributed by atoms with Gasteiger partial charge >= 0.3 is 5.97 Å². The van der Waals surface area contributed by atoms with Gasteiger partial charge in [-0.3, -0.25) is 0 Å². The van der Waals surface area contributed by atoms with Crippen LogP contribution in [0.25, 0.3) is 0 Å². The molecule has 3 N–H and O–H groups in total. The van der Waals surface area contributed by atoms with E-state index in [2.05, 4.69) is 4.98 Å². The molecule has 64 valence electrons. The molecule has 0 aromatic carbocycles. The monoisotopic (exact) mass is 168 g/mol. The molecule has 0 saturated carbocycles. The zero-order valence-electron chi connectivity index (χ0n) is 6.44. The van der Waals surface area contributed by atoms with Crippen molar-refractivity contribution >= 4 is 11.8 Å². The number of carboxylic acids is 1. The summed E-state index contributed by atoms with van der Waals surface area (Å²) in [6, 6.07) is 2.79. The average molecular weight is 168 g/mol. The highest BCUT2D eigenvalue weighted by Gasteiger charge is 2.08. The SMILES string of the molecule is COc1ccc(C(=O)O)c(N)n1. The molecule has 0 bridgehead atoms. The second kappa shape index (κ2) is 3.08. The van der Waals surface area contributed by atoms with Crippen LogP contribution < -0.4 is 10.5 Å². The fraction of sp³-hybridized carbons (Fsp3) is 0.143. The van der Waals surface area contributed by atoms with Crippen molar-refractivity contribution in [3.63, 3.8) is 0 Å². The van der Waals surface area contributed by atoms with Crippen LogP contribution in [0.4, 0.5) is 5.82 Å². The highest BCUT2D eigenvalue weighted by Crippen LogP contribution is 2.13. The molecule has 0 amide bonds. The van der Waals surface area contributed by atoms with Gasteiger partial charge in [0.1, 0.15) is 11.4 Å². The summed E-state index contributed by atoms with van der Waals surface area (Å²) in [6.07, 6.45) is 0. The highest BCUT2D eigenvalue weighted by atomic mass is 16.5. The van der Waals surface area contributed by atoms with E-state index in [1.165, 1.54) is 19.2 Å². The first-order chi connectivity index (χ1) is 5.65. The van der Waals surface area contributed by atoms with Gasteiger partial charge in [0.2, 0.25) is 5.88 Å². The molecule has 5 heteroatoms. The molecule has 0 radical (unpaired) electrons.